The second-order valence-corrected chi connectivity index (χ2v) is 4.86. The van der Waals surface area contributed by atoms with Gasteiger partial charge >= 0.3 is 0 Å². The van der Waals surface area contributed by atoms with Gasteiger partial charge in [-0.2, -0.15) is 0 Å². The molecule has 17 heavy (non-hydrogen) atoms. The molecular formula is C14H21NO2. The van der Waals surface area contributed by atoms with E-state index in [4.69, 9.17) is 4.74 Å². The third-order valence-corrected chi connectivity index (χ3v) is 3.29. The Morgan fingerprint density at radius 1 is 1.35 bits per heavy atom. The Hall–Kier alpha value is -1.06. The van der Waals surface area contributed by atoms with Crippen molar-refractivity contribution in [2.75, 3.05) is 13.7 Å². The largest absolute Gasteiger partial charge is 0.496 e. The molecule has 1 unspecified atom stereocenters. The van der Waals surface area contributed by atoms with Crippen molar-refractivity contribution in [1.82, 2.24) is 5.32 Å². The summed E-state index contributed by atoms with van der Waals surface area (Å²) in [7, 11) is 1.70. The molecule has 0 bridgehead atoms. The summed E-state index contributed by atoms with van der Waals surface area (Å²) in [6.45, 7) is 4.23. The number of nitrogens with one attached hydrogen (secondary N) is 1. The topological polar surface area (TPSA) is 41.5 Å². The van der Waals surface area contributed by atoms with Crippen molar-refractivity contribution in [2.45, 2.75) is 38.8 Å². The van der Waals surface area contributed by atoms with E-state index < -0.39 is 0 Å². The summed E-state index contributed by atoms with van der Waals surface area (Å²) in [5.74, 6) is 0.942. The number of benzene rings is 1. The highest BCUT2D eigenvalue weighted by Gasteiger charge is 2.25. The maximum absolute atomic E-state index is 9.47. The van der Waals surface area contributed by atoms with E-state index in [1.165, 1.54) is 12.8 Å². The van der Waals surface area contributed by atoms with Gasteiger partial charge in [0.1, 0.15) is 5.75 Å². The molecule has 94 valence electrons. The lowest BCUT2D eigenvalue weighted by Gasteiger charge is -2.19. The lowest BCUT2D eigenvalue weighted by atomic mass is 10.0. The molecule has 0 aromatic heterocycles. The van der Waals surface area contributed by atoms with Crippen molar-refractivity contribution in [3.05, 3.63) is 28.8 Å². The summed E-state index contributed by atoms with van der Waals surface area (Å²) in [6, 6.07) is 4.84. The average molecular weight is 235 g/mol. The number of aliphatic hydroxyl groups excluding tert-OH is 1. The molecule has 0 saturated heterocycles. The predicted octanol–water partition coefficient (Wildman–Crippen LogP) is 2.10. The molecule has 1 saturated carbocycles. The molecular weight excluding hydrogens is 214 g/mol. The van der Waals surface area contributed by atoms with E-state index >= 15 is 0 Å². The zero-order chi connectivity index (χ0) is 12.4. The minimum Gasteiger partial charge on any atom is -0.496 e. The SMILES string of the molecule is COc1c(C)cc(C(CO)NC2CC2)cc1C. The van der Waals surface area contributed by atoms with Gasteiger partial charge in [-0.05, 0) is 43.4 Å². The molecule has 1 fully saturated rings. The molecule has 0 heterocycles. The van der Waals surface area contributed by atoms with E-state index in [1.807, 2.05) is 13.8 Å². The number of aryl methyl sites for hydroxylation is 2. The molecule has 0 spiro atoms. The van der Waals surface area contributed by atoms with Gasteiger partial charge < -0.3 is 15.2 Å². The first-order valence-electron chi connectivity index (χ1n) is 6.17. The molecule has 3 nitrogen and oxygen atoms in total. The fourth-order valence-electron chi connectivity index (χ4n) is 2.30. The zero-order valence-corrected chi connectivity index (χ0v) is 10.8. The highest BCUT2D eigenvalue weighted by molar-refractivity contribution is 5.44. The first-order chi connectivity index (χ1) is 8.15. The normalized spacial score (nSPS) is 16.9. The fraction of sp³-hybridized carbons (Fsp3) is 0.571. The van der Waals surface area contributed by atoms with E-state index in [-0.39, 0.29) is 12.6 Å². The summed E-state index contributed by atoms with van der Waals surface area (Å²) in [6.07, 6.45) is 2.45. The van der Waals surface area contributed by atoms with Crippen LogP contribution in [-0.4, -0.2) is 24.9 Å². The molecule has 1 aliphatic rings. The van der Waals surface area contributed by atoms with E-state index in [1.54, 1.807) is 7.11 Å². The van der Waals surface area contributed by atoms with Gasteiger partial charge in [0.05, 0.1) is 19.8 Å². The Bertz CT molecular complexity index is 376. The summed E-state index contributed by atoms with van der Waals surface area (Å²) in [5, 5.41) is 12.9. The van der Waals surface area contributed by atoms with E-state index in [0.717, 1.165) is 22.4 Å². The molecule has 1 atom stereocenters. The Labute approximate surface area is 103 Å². The van der Waals surface area contributed by atoms with Crippen LogP contribution in [0.1, 0.15) is 35.6 Å². The van der Waals surface area contributed by atoms with Gasteiger partial charge in [-0.15, -0.1) is 0 Å². The van der Waals surface area contributed by atoms with Crippen LogP contribution in [0.5, 0.6) is 5.75 Å². The minimum atomic E-state index is 0.0470. The monoisotopic (exact) mass is 235 g/mol. The Balaban J connectivity index is 2.23. The standard InChI is InChI=1S/C14H21NO2/c1-9-6-11(7-10(2)14(9)17-3)13(8-16)15-12-4-5-12/h6-7,12-13,15-16H,4-5,8H2,1-3H3. The van der Waals surface area contributed by atoms with Crippen molar-refractivity contribution < 1.29 is 9.84 Å². The van der Waals surface area contributed by atoms with Crippen LogP contribution in [0.2, 0.25) is 0 Å². The third kappa shape index (κ3) is 2.79. The molecule has 3 heteroatoms. The Morgan fingerprint density at radius 3 is 2.35 bits per heavy atom. The maximum Gasteiger partial charge on any atom is 0.124 e. The van der Waals surface area contributed by atoms with Crippen molar-refractivity contribution in [1.29, 1.82) is 0 Å². The average Bonchev–Trinajstić information content (AvgIpc) is 3.09. The lowest BCUT2D eigenvalue weighted by molar-refractivity contribution is 0.243. The maximum atomic E-state index is 9.47. The van der Waals surface area contributed by atoms with Gasteiger partial charge in [0.2, 0.25) is 0 Å². The summed E-state index contributed by atoms with van der Waals surface area (Å²) < 4.78 is 5.35. The molecule has 2 N–H and O–H groups in total. The van der Waals surface area contributed by atoms with Crippen molar-refractivity contribution in [2.24, 2.45) is 0 Å². The fourth-order valence-corrected chi connectivity index (χ4v) is 2.30. The minimum absolute atomic E-state index is 0.0470. The second kappa shape index (κ2) is 5.07. The van der Waals surface area contributed by atoms with Crippen LogP contribution in [0.15, 0.2) is 12.1 Å². The van der Waals surface area contributed by atoms with E-state index in [0.29, 0.717) is 6.04 Å². The van der Waals surface area contributed by atoms with Gasteiger partial charge in [0.25, 0.3) is 0 Å². The second-order valence-electron chi connectivity index (χ2n) is 4.86. The number of aliphatic hydroxyl groups is 1. The number of hydrogen-bond acceptors (Lipinski definition) is 3. The van der Waals surface area contributed by atoms with Crippen LogP contribution in [0.4, 0.5) is 0 Å². The van der Waals surface area contributed by atoms with Gasteiger partial charge in [0, 0.05) is 6.04 Å². The Kier molecular flexibility index (Phi) is 3.69. The van der Waals surface area contributed by atoms with Crippen molar-refractivity contribution >= 4 is 0 Å². The van der Waals surface area contributed by atoms with E-state index in [2.05, 4.69) is 17.4 Å². The number of ether oxygens (including phenoxy) is 1. The van der Waals surface area contributed by atoms with Gasteiger partial charge in [-0.3, -0.25) is 0 Å². The summed E-state index contributed by atoms with van der Waals surface area (Å²) in [4.78, 5) is 0. The van der Waals surface area contributed by atoms with Crippen molar-refractivity contribution in [3.8, 4) is 5.75 Å². The van der Waals surface area contributed by atoms with Crippen molar-refractivity contribution in [3.63, 3.8) is 0 Å². The predicted molar refractivity (Wildman–Crippen MR) is 68.5 cm³/mol. The molecule has 1 aliphatic carbocycles. The molecule has 0 amide bonds. The molecule has 2 rings (SSSR count). The van der Waals surface area contributed by atoms with Crippen LogP contribution in [-0.2, 0) is 0 Å². The summed E-state index contributed by atoms with van der Waals surface area (Å²) >= 11 is 0. The van der Waals surface area contributed by atoms with Gasteiger partial charge in [0.15, 0.2) is 0 Å². The first-order valence-corrected chi connectivity index (χ1v) is 6.17. The number of rotatable bonds is 5. The van der Waals surface area contributed by atoms with Gasteiger partial charge in [-0.1, -0.05) is 12.1 Å². The quantitative estimate of drug-likeness (QED) is 0.821. The third-order valence-electron chi connectivity index (χ3n) is 3.29. The molecule has 0 aliphatic heterocycles. The van der Waals surface area contributed by atoms with Crippen LogP contribution >= 0.6 is 0 Å². The zero-order valence-electron chi connectivity index (χ0n) is 10.8. The Morgan fingerprint density at radius 2 is 1.94 bits per heavy atom. The molecule has 0 radical (unpaired) electrons. The number of methoxy groups -OCH3 is 1. The van der Waals surface area contributed by atoms with Crippen LogP contribution in [0, 0.1) is 13.8 Å². The first kappa shape index (κ1) is 12.4. The summed E-state index contributed by atoms with van der Waals surface area (Å²) in [5.41, 5.74) is 3.40. The number of hydrogen-bond donors (Lipinski definition) is 2. The lowest BCUT2D eigenvalue weighted by Crippen LogP contribution is -2.26. The highest BCUT2D eigenvalue weighted by Crippen LogP contribution is 2.29. The smallest absolute Gasteiger partial charge is 0.124 e. The van der Waals surface area contributed by atoms with E-state index in [9.17, 15) is 5.11 Å². The van der Waals surface area contributed by atoms with Gasteiger partial charge in [-0.25, -0.2) is 0 Å². The highest BCUT2D eigenvalue weighted by atomic mass is 16.5. The van der Waals surface area contributed by atoms with Crippen LogP contribution < -0.4 is 10.1 Å². The van der Waals surface area contributed by atoms with Crippen LogP contribution in [0.25, 0.3) is 0 Å². The molecule has 1 aromatic carbocycles. The molecule has 1 aromatic rings. The van der Waals surface area contributed by atoms with Crippen LogP contribution in [0.3, 0.4) is 0 Å².